The van der Waals surface area contributed by atoms with E-state index < -0.39 is 0 Å². The number of halogens is 1. The molecule has 0 aliphatic carbocycles. The Morgan fingerprint density at radius 1 is 1.50 bits per heavy atom. The van der Waals surface area contributed by atoms with Crippen LogP contribution in [0.2, 0.25) is 5.02 Å². The van der Waals surface area contributed by atoms with Crippen LogP contribution in [-0.2, 0) is 6.54 Å². The minimum absolute atomic E-state index is 0.268. The highest BCUT2D eigenvalue weighted by molar-refractivity contribution is 6.33. The fourth-order valence-electron chi connectivity index (χ4n) is 1.15. The molecule has 2 aromatic rings. The summed E-state index contributed by atoms with van der Waals surface area (Å²) in [6, 6.07) is 3.23. The number of rotatable bonds is 3. The highest BCUT2D eigenvalue weighted by Gasteiger charge is 2.09. The molecule has 2 aromatic heterocycles. The maximum atomic E-state index is 11.7. The normalized spacial score (nSPS) is 10.1. The van der Waals surface area contributed by atoms with Crippen molar-refractivity contribution in [1.29, 1.82) is 0 Å². The van der Waals surface area contributed by atoms with Gasteiger partial charge in [-0.05, 0) is 6.07 Å². The maximum Gasteiger partial charge on any atom is 0.253 e. The Morgan fingerprint density at radius 3 is 3.06 bits per heavy atom. The Morgan fingerprint density at radius 2 is 2.38 bits per heavy atom. The van der Waals surface area contributed by atoms with Crippen LogP contribution in [0.1, 0.15) is 16.1 Å². The highest BCUT2D eigenvalue weighted by atomic mass is 35.5. The van der Waals surface area contributed by atoms with Gasteiger partial charge in [0.15, 0.2) is 0 Å². The Balaban J connectivity index is 2.01. The van der Waals surface area contributed by atoms with Crippen LogP contribution in [0.25, 0.3) is 0 Å². The van der Waals surface area contributed by atoms with Crippen LogP contribution >= 0.6 is 11.6 Å². The molecule has 0 fully saturated rings. The fourth-order valence-corrected chi connectivity index (χ4v) is 1.36. The summed E-state index contributed by atoms with van der Waals surface area (Å²) >= 11 is 5.82. The molecule has 0 aliphatic rings. The molecule has 82 valence electrons. The molecule has 0 aliphatic heterocycles. The van der Waals surface area contributed by atoms with Crippen LogP contribution in [-0.4, -0.2) is 16.0 Å². The number of pyridine rings is 1. The van der Waals surface area contributed by atoms with Crippen molar-refractivity contribution in [2.75, 3.05) is 0 Å². The topological polar surface area (TPSA) is 68.0 Å². The van der Waals surface area contributed by atoms with Gasteiger partial charge >= 0.3 is 0 Å². The first-order valence-corrected chi connectivity index (χ1v) is 4.92. The summed E-state index contributed by atoms with van der Waals surface area (Å²) in [5, 5.41) is 6.66. The molecule has 2 rings (SSSR count). The van der Waals surface area contributed by atoms with Gasteiger partial charge in [0.2, 0.25) is 0 Å². The van der Waals surface area contributed by atoms with Crippen LogP contribution in [0.15, 0.2) is 35.3 Å². The molecule has 0 radical (unpaired) electrons. The molecule has 2 heterocycles. The van der Waals surface area contributed by atoms with E-state index in [0.717, 1.165) is 0 Å². The molecule has 0 saturated heterocycles. The number of aromatic nitrogens is 2. The average Bonchev–Trinajstić information content (AvgIpc) is 2.79. The van der Waals surface area contributed by atoms with Crippen LogP contribution in [0, 0.1) is 0 Å². The van der Waals surface area contributed by atoms with Crippen LogP contribution < -0.4 is 5.32 Å². The van der Waals surface area contributed by atoms with E-state index in [9.17, 15) is 4.79 Å². The minimum atomic E-state index is -0.268. The van der Waals surface area contributed by atoms with Crippen molar-refractivity contribution in [3.05, 3.63) is 47.1 Å². The standard InChI is InChI=1S/C10H8ClN3O2/c11-9-6-12-3-1-8(9)10(15)13-5-7-2-4-16-14-7/h1-4,6H,5H2,(H,13,15). The number of hydrogen-bond donors (Lipinski definition) is 1. The number of carbonyl (C=O) groups is 1. The molecule has 1 amide bonds. The molecule has 0 aromatic carbocycles. The molecule has 0 spiro atoms. The van der Waals surface area contributed by atoms with E-state index in [-0.39, 0.29) is 5.91 Å². The molecule has 0 saturated carbocycles. The largest absolute Gasteiger partial charge is 0.364 e. The van der Waals surface area contributed by atoms with Crippen molar-refractivity contribution in [2.24, 2.45) is 0 Å². The average molecular weight is 238 g/mol. The Labute approximate surface area is 96.4 Å². The lowest BCUT2D eigenvalue weighted by atomic mass is 10.2. The summed E-state index contributed by atoms with van der Waals surface area (Å²) in [6.07, 6.45) is 4.38. The van der Waals surface area contributed by atoms with Gasteiger partial charge in [0, 0.05) is 18.5 Å². The fraction of sp³-hybridized carbons (Fsp3) is 0.100. The maximum absolute atomic E-state index is 11.7. The summed E-state index contributed by atoms with van der Waals surface area (Å²) in [6.45, 7) is 0.300. The Kier molecular flexibility index (Phi) is 3.16. The van der Waals surface area contributed by atoms with Crippen molar-refractivity contribution in [3.8, 4) is 0 Å². The number of nitrogens with one attached hydrogen (secondary N) is 1. The van der Waals surface area contributed by atoms with Crippen LogP contribution in [0.4, 0.5) is 0 Å². The van der Waals surface area contributed by atoms with E-state index >= 15 is 0 Å². The van der Waals surface area contributed by atoms with E-state index in [0.29, 0.717) is 22.8 Å². The van der Waals surface area contributed by atoms with Gasteiger partial charge in [-0.2, -0.15) is 0 Å². The molecular weight excluding hydrogens is 230 g/mol. The van der Waals surface area contributed by atoms with E-state index in [1.165, 1.54) is 18.7 Å². The third-order valence-corrected chi connectivity index (χ3v) is 2.24. The SMILES string of the molecule is O=C(NCc1ccon1)c1ccncc1Cl. The lowest BCUT2D eigenvalue weighted by Gasteiger charge is -2.03. The first-order valence-electron chi connectivity index (χ1n) is 4.54. The van der Waals surface area contributed by atoms with Gasteiger partial charge in [0.05, 0.1) is 17.1 Å². The monoisotopic (exact) mass is 237 g/mol. The summed E-state index contributed by atoms with van der Waals surface area (Å²) in [4.78, 5) is 15.5. The zero-order chi connectivity index (χ0) is 11.4. The first kappa shape index (κ1) is 10.6. The lowest BCUT2D eigenvalue weighted by Crippen LogP contribution is -2.23. The number of amides is 1. The van der Waals surface area contributed by atoms with Gasteiger partial charge in [-0.1, -0.05) is 16.8 Å². The molecule has 6 heteroatoms. The van der Waals surface area contributed by atoms with Gasteiger partial charge in [0.25, 0.3) is 5.91 Å². The lowest BCUT2D eigenvalue weighted by molar-refractivity contribution is 0.0950. The molecule has 0 bridgehead atoms. The number of nitrogens with zero attached hydrogens (tertiary/aromatic N) is 2. The Hall–Kier alpha value is -1.88. The quantitative estimate of drug-likeness (QED) is 0.882. The molecule has 0 atom stereocenters. The molecule has 16 heavy (non-hydrogen) atoms. The second-order valence-corrected chi connectivity index (χ2v) is 3.44. The van der Waals surface area contributed by atoms with Gasteiger partial charge in [-0.25, -0.2) is 0 Å². The van der Waals surface area contributed by atoms with Crippen molar-refractivity contribution >= 4 is 17.5 Å². The molecule has 5 nitrogen and oxygen atoms in total. The third kappa shape index (κ3) is 2.38. The molecule has 1 N–H and O–H groups in total. The summed E-state index contributed by atoms with van der Waals surface area (Å²) < 4.78 is 4.64. The summed E-state index contributed by atoms with van der Waals surface area (Å²) in [7, 11) is 0. The highest BCUT2D eigenvalue weighted by Crippen LogP contribution is 2.12. The first-order chi connectivity index (χ1) is 7.77. The molecule has 0 unspecified atom stereocenters. The van der Waals surface area contributed by atoms with Gasteiger partial charge in [-0.15, -0.1) is 0 Å². The number of hydrogen-bond acceptors (Lipinski definition) is 4. The second kappa shape index (κ2) is 4.76. The van der Waals surface area contributed by atoms with E-state index in [4.69, 9.17) is 11.6 Å². The smallest absolute Gasteiger partial charge is 0.253 e. The van der Waals surface area contributed by atoms with E-state index in [1.807, 2.05) is 0 Å². The van der Waals surface area contributed by atoms with Crippen molar-refractivity contribution in [2.45, 2.75) is 6.54 Å². The van der Waals surface area contributed by atoms with Crippen molar-refractivity contribution in [1.82, 2.24) is 15.5 Å². The van der Waals surface area contributed by atoms with Crippen molar-refractivity contribution < 1.29 is 9.32 Å². The summed E-state index contributed by atoms with van der Waals surface area (Å²) in [5.74, 6) is -0.268. The van der Waals surface area contributed by atoms with Crippen molar-refractivity contribution in [3.63, 3.8) is 0 Å². The Bertz CT molecular complexity index is 485. The third-order valence-electron chi connectivity index (χ3n) is 1.94. The predicted molar refractivity (Wildman–Crippen MR) is 56.9 cm³/mol. The summed E-state index contributed by atoms with van der Waals surface area (Å²) in [5.41, 5.74) is 1.04. The van der Waals surface area contributed by atoms with Gasteiger partial charge in [-0.3, -0.25) is 9.78 Å². The second-order valence-electron chi connectivity index (χ2n) is 3.03. The van der Waals surface area contributed by atoms with Crippen LogP contribution in [0.5, 0.6) is 0 Å². The van der Waals surface area contributed by atoms with Crippen LogP contribution in [0.3, 0.4) is 0 Å². The zero-order valence-corrected chi connectivity index (χ0v) is 8.94. The van der Waals surface area contributed by atoms with Gasteiger partial charge in [0.1, 0.15) is 12.0 Å². The molecular formula is C10H8ClN3O2. The predicted octanol–water partition coefficient (Wildman–Crippen LogP) is 1.65. The van der Waals surface area contributed by atoms with E-state index in [1.54, 1.807) is 12.1 Å². The minimum Gasteiger partial charge on any atom is -0.364 e. The number of carbonyl (C=O) groups excluding carboxylic acids is 1. The zero-order valence-electron chi connectivity index (χ0n) is 8.18. The van der Waals surface area contributed by atoms with Gasteiger partial charge < -0.3 is 9.84 Å². The van der Waals surface area contributed by atoms with E-state index in [2.05, 4.69) is 20.0 Å².